The lowest BCUT2D eigenvalue weighted by atomic mass is 10.1. The van der Waals surface area contributed by atoms with Gasteiger partial charge in [-0.05, 0) is 6.07 Å². The third kappa shape index (κ3) is 2.65. The van der Waals surface area contributed by atoms with Crippen LogP contribution in [-0.2, 0) is 0 Å². The zero-order valence-corrected chi connectivity index (χ0v) is 10.6. The van der Waals surface area contributed by atoms with Gasteiger partial charge in [-0.1, -0.05) is 23.2 Å². The van der Waals surface area contributed by atoms with Gasteiger partial charge in [0, 0.05) is 32.2 Å². The van der Waals surface area contributed by atoms with E-state index < -0.39 is 0 Å². The number of carbonyl (C=O) groups excluding carboxylic acids is 1. The Hall–Kier alpha value is -0.970. The molecule has 6 heteroatoms. The number of nitrogens with zero attached hydrogens (tertiary/aromatic N) is 1. The van der Waals surface area contributed by atoms with Crippen molar-refractivity contribution < 1.29 is 9.90 Å². The van der Waals surface area contributed by atoms with Crippen LogP contribution in [0.5, 0.6) is 5.75 Å². The molecule has 0 atom stereocenters. The number of piperazine rings is 1. The van der Waals surface area contributed by atoms with E-state index in [0.29, 0.717) is 13.1 Å². The van der Waals surface area contributed by atoms with E-state index in [-0.39, 0.29) is 27.3 Å². The molecule has 0 saturated carbocycles. The van der Waals surface area contributed by atoms with Crippen LogP contribution in [-0.4, -0.2) is 42.1 Å². The zero-order chi connectivity index (χ0) is 12.4. The minimum atomic E-state index is -0.220. The molecule has 0 spiro atoms. The van der Waals surface area contributed by atoms with Crippen LogP contribution in [0, 0.1) is 0 Å². The molecule has 1 aromatic carbocycles. The minimum Gasteiger partial charge on any atom is -0.507 e. The molecule has 2 N–H and O–H groups in total. The lowest BCUT2D eigenvalue weighted by molar-refractivity contribution is 0.0733. The number of rotatable bonds is 1. The van der Waals surface area contributed by atoms with Crippen molar-refractivity contribution in [2.75, 3.05) is 26.2 Å². The van der Waals surface area contributed by atoms with E-state index in [1.54, 1.807) is 4.90 Å². The topological polar surface area (TPSA) is 52.6 Å². The SMILES string of the molecule is O=C(c1cc(Cl)c(Cl)cc1O)N1CCNCC1. The van der Waals surface area contributed by atoms with Crippen LogP contribution in [0.25, 0.3) is 0 Å². The van der Waals surface area contributed by atoms with Gasteiger partial charge in [-0.2, -0.15) is 0 Å². The first-order valence-electron chi connectivity index (χ1n) is 5.27. The van der Waals surface area contributed by atoms with Gasteiger partial charge in [0.15, 0.2) is 0 Å². The van der Waals surface area contributed by atoms with E-state index in [2.05, 4.69) is 5.32 Å². The van der Waals surface area contributed by atoms with E-state index in [1.807, 2.05) is 0 Å². The Kier molecular flexibility index (Phi) is 3.76. The Bertz CT molecular complexity index is 445. The second-order valence-electron chi connectivity index (χ2n) is 3.83. The number of nitrogens with one attached hydrogen (secondary N) is 1. The average molecular weight is 275 g/mol. The highest BCUT2D eigenvalue weighted by atomic mass is 35.5. The van der Waals surface area contributed by atoms with Gasteiger partial charge in [0.1, 0.15) is 5.75 Å². The van der Waals surface area contributed by atoms with Crippen molar-refractivity contribution in [1.82, 2.24) is 10.2 Å². The monoisotopic (exact) mass is 274 g/mol. The summed E-state index contributed by atoms with van der Waals surface area (Å²) < 4.78 is 0. The highest BCUT2D eigenvalue weighted by Gasteiger charge is 2.21. The number of phenolic OH excluding ortho intramolecular Hbond substituents is 1. The molecule has 0 unspecified atom stereocenters. The molecule has 1 amide bonds. The van der Waals surface area contributed by atoms with Crippen molar-refractivity contribution in [1.29, 1.82) is 0 Å². The van der Waals surface area contributed by atoms with E-state index in [0.717, 1.165) is 13.1 Å². The molecule has 92 valence electrons. The normalized spacial score (nSPS) is 16.0. The van der Waals surface area contributed by atoms with Gasteiger partial charge in [-0.15, -0.1) is 0 Å². The molecule has 1 aromatic rings. The highest BCUT2D eigenvalue weighted by Crippen LogP contribution is 2.30. The van der Waals surface area contributed by atoms with Crippen molar-refractivity contribution in [3.8, 4) is 5.75 Å². The van der Waals surface area contributed by atoms with E-state index in [1.165, 1.54) is 12.1 Å². The molecule has 4 nitrogen and oxygen atoms in total. The summed E-state index contributed by atoms with van der Waals surface area (Å²) in [6.45, 7) is 2.76. The number of aromatic hydroxyl groups is 1. The molecule has 0 bridgehead atoms. The third-order valence-electron chi connectivity index (χ3n) is 2.67. The predicted molar refractivity (Wildman–Crippen MR) is 66.9 cm³/mol. The molecular formula is C11H12Cl2N2O2. The quantitative estimate of drug-likeness (QED) is 0.821. The lowest BCUT2D eigenvalue weighted by Crippen LogP contribution is -2.46. The van der Waals surface area contributed by atoms with Gasteiger partial charge in [0.05, 0.1) is 15.6 Å². The third-order valence-corrected chi connectivity index (χ3v) is 3.40. The Morgan fingerprint density at radius 1 is 1.24 bits per heavy atom. The van der Waals surface area contributed by atoms with Crippen molar-refractivity contribution in [2.24, 2.45) is 0 Å². The fourth-order valence-electron chi connectivity index (χ4n) is 1.75. The van der Waals surface area contributed by atoms with Crippen LogP contribution < -0.4 is 5.32 Å². The first kappa shape index (κ1) is 12.5. The second kappa shape index (κ2) is 5.12. The molecule has 17 heavy (non-hydrogen) atoms. The van der Waals surface area contributed by atoms with Gasteiger partial charge in [0.2, 0.25) is 0 Å². The number of benzene rings is 1. The number of amides is 1. The summed E-state index contributed by atoms with van der Waals surface area (Å²) in [7, 11) is 0. The zero-order valence-electron chi connectivity index (χ0n) is 9.04. The number of phenols is 1. The maximum absolute atomic E-state index is 12.1. The molecule has 1 aliphatic rings. The molecule has 2 rings (SSSR count). The van der Waals surface area contributed by atoms with Gasteiger partial charge in [0.25, 0.3) is 5.91 Å². The molecule has 1 aliphatic heterocycles. The van der Waals surface area contributed by atoms with Crippen molar-refractivity contribution >= 4 is 29.1 Å². The largest absolute Gasteiger partial charge is 0.507 e. The fourth-order valence-corrected chi connectivity index (χ4v) is 2.07. The Morgan fingerprint density at radius 2 is 1.82 bits per heavy atom. The number of hydrogen-bond donors (Lipinski definition) is 2. The Labute approximate surface area is 109 Å². The van der Waals surface area contributed by atoms with Gasteiger partial charge >= 0.3 is 0 Å². The summed E-state index contributed by atoms with van der Waals surface area (Å²) in [4.78, 5) is 13.8. The first-order chi connectivity index (χ1) is 8.09. The smallest absolute Gasteiger partial charge is 0.257 e. The lowest BCUT2D eigenvalue weighted by Gasteiger charge is -2.27. The highest BCUT2D eigenvalue weighted by molar-refractivity contribution is 6.42. The number of hydrogen-bond acceptors (Lipinski definition) is 3. The molecule has 1 fully saturated rings. The summed E-state index contributed by atoms with van der Waals surface area (Å²) in [5.41, 5.74) is 0.196. The molecule has 1 saturated heterocycles. The van der Waals surface area contributed by atoms with E-state index in [4.69, 9.17) is 23.2 Å². The molecule has 0 aromatic heterocycles. The van der Waals surface area contributed by atoms with E-state index >= 15 is 0 Å². The number of halogens is 2. The Balaban J connectivity index is 2.26. The summed E-state index contributed by atoms with van der Waals surface area (Å²) in [6.07, 6.45) is 0. The van der Waals surface area contributed by atoms with Gasteiger partial charge < -0.3 is 15.3 Å². The van der Waals surface area contributed by atoms with Crippen molar-refractivity contribution in [2.45, 2.75) is 0 Å². The Morgan fingerprint density at radius 3 is 2.47 bits per heavy atom. The molecule has 1 heterocycles. The van der Waals surface area contributed by atoms with Crippen molar-refractivity contribution in [3.05, 3.63) is 27.7 Å². The summed E-state index contributed by atoms with van der Waals surface area (Å²) in [5.74, 6) is -0.356. The molecular weight excluding hydrogens is 263 g/mol. The predicted octanol–water partition coefficient (Wildman–Crippen LogP) is 1.74. The van der Waals surface area contributed by atoms with Crippen LogP contribution in [0.3, 0.4) is 0 Å². The van der Waals surface area contributed by atoms with Crippen LogP contribution in [0.15, 0.2) is 12.1 Å². The van der Waals surface area contributed by atoms with Crippen LogP contribution >= 0.6 is 23.2 Å². The van der Waals surface area contributed by atoms with Gasteiger partial charge in [-0.25, -0.2) is 0 Å². The summed E-state index contributed by atoms with van der Waals surface area (Å²) in [5, 5.41) is 13.4. The molecule has 0 radical (unpaired) electrons. The summed E-state index contributed by atoms with van der Waals surface area (Å²) in [6, 6.07) is 2.70. The van der Waals surface area contributed by atoms with Crippen molar-refractivity contribution in [3.63, 3.8) is 0 Å². The van der Waals surface area contributed by atoms with Crippen LogP contribution in [0.1, 0.15) is 10.4 Å². The average Bonchev–Trinajstić information content (AvgIpc) is 2.34. The van der Waals surface area contributed by atoms with Crippen LogP contribution in [0.2, 0.25) is 10.0 Å². The van der Waals surface area contributed by atoms with Gasteiger partial charge in [-0.3, -0.25) is 4.79 Å². The first-order valence-corrected chi connectivity index (χ1v) is 6.03. The molecule has 0 aliphatic carbocycles. The van der Waals surface area contributed by atoms with Crippen LogP contribution in [0.4, 0.5) is 0 Å². The fraction of sp³-hybridized carbons (Fsp3) is 0.364. The minimum absolute atomic E-state index is 0.136. The second-order valence-corrected chi connectivity index (χ2v) is 4.64. The summed E-state index contributed by atoms with van der Waals surface area (Å²) >= 11 is 11.6. The van der Waals surface area contributed by atoms with E-state index in [9.17, 15) is 9.90 Å². The maximum atomic E-state index is 12.1. The number of carbonyl (C=O) groups is 1. The standard InChI is InChI=1S/C11H12Cl2N2O2/c12-8-5-7(10(16)6-9(8)13)11(17)15-3-1-14-2-4-15/h5-6,14,16H,1-4H2. The maximum Gasteiger partial charge on any atom is 0.257 e.